The second-order valence-electron chi connectivity index (χ2n) is 6.59. The van der Waals surface area contributed by atoms with E-state index in [4.69, 9.17) is 16.3 Å². The number of phenols is 1. The maximum atomic E-state index is 12.8. The molecule has 0 bridgehead atoms. The van der Waals surface area contributed by atoms with Gasteiger partial charge >= 0.3 is 0 Å². The van der Waals surface area contributed by atoms with Gasteiger partial charge in [0.2, 0.25) is 0 Å². The van der Waals surface area contributed by atoms with Crippen LogP contribution in [0.1, 0.15) is 23.3 Å². The highest BCUT2D eigenvalue weighted by atomic mass is 35.5. The monoisotopic (exact) mass is 382 g/mol. The molecule has 27 heavy (non-hydrogen) atoms. The molecule has 0 spiro atoms. The molecule has 2 heterocycles. The second kappa shape index (κ2) is 7.45. The second-order valence-corrected chi connectivity index (χ2v) is 6.99. The topological polar surface area (TPSA) is 62.7 Å². The molecule has 138 valence electrons. The molecular formula is C21H19ClN2O3. The maximum Gasteiger partial charge on any atom is 0.272 e. The number of aromatic nitrogens is 1. The molecule has 2 aromatic carbocycles. The highest BCUT2D eigenvalue weighted by molar-refractivity contribution is 6.32. The van der Waals surface area contributed by atoms with Crippen molar-refractivity contribution in [3.63, 3.8) is 0 Å². The van der Waals surface area contributed by atoms with Gasteiger partial charge in [-0.1, -0.05) is 41.9 Å². The molecule has 4 rings (SSSR count). The number of fused-ring (bicyclic) bond motifs is 1. The highest BCUT2D eigenvalue weighted by Gasteiger charge is 2.26. The Morgan fingerprint density at radius 1 is 1.07 bits per heavy atom. The largest absolute Gasteiger partial charge is 0.506 e. The van der Waals surface area contributed by atoms with Crippen LogP contribution in [0.3, 0.4) is 0 Å². The van der Waals surface area contributed by atoms with Gasteiger partial charge in [0.15, 0.2) is 0 Å². The zero-order valence-corrected chi connectivity index (χ0v) is 15.4. The van der Waals surface area contributed by atoms with Crippen LogP contribution in [0.5, 0.6) is 11.5 Å². The number of benzene rings is 2. The van der Waals surface area contributed by atoms with E-state index < -0.39 is 0 Å². The molecule has 1 fully saturated rings. The lowest BCUT2D eigenvalue weighted by atomic mass is 10.1. The Kier molecular flexibility index (Phi) is 4.86. The SMILES string of the molecule is O=C(c1ccc2cccc(O)c2n1)N1CCC(Oc2ccccc2Cl)CC1. The lowest BCUT2D eigenvalue weighted by Crippen LogP contribution is -2.42. The van der Waals surface area contributed by atoms with Crippen molar-refractivity contribution in [1.29, 1.82) is 0 Å². The summed E-state index contributed by atoms with van der Waals surface area (Å²) in [5, 5.41) is 11.4. The summed E-state index contributed by atoms with van der Waals surface area (Å²) in [6, 6.07) is 16.1. The van der Waals surface area contributed by atoms with Crippen LogP contribution in [0.2, 0.25) is 5.02 Å². The number of piperidine rings is 1. The molecule has 1 saturated heterocycles. The fourth-order valence-electron chi connectivity index (χ4n) is 3.31. The number of halogens is 1. The number of aromatic hydroxyl groups is 1. The van der Waals surface area contributed by atoms with E-state index in [0.29, 0.717) is 35.1 Å². The number of amides is 1. The van der Waals surface area contributed by atoms with Crippen LogP contribution < -0.4 is 4.74 Å². The van der Waals surface area contributed by atoms with Gasteiger partial charge in [-0.2, -0.15) is 0 Å². The summed E-state index contributed by atoms with van der Waals surface area (Å²) in [5.41, 5.74) is 0.787. The minimum Gasteiger partial charge on any atom is -0.506 e. The zero-order chi connectivity index (χ0) is 18.8. The van der Waals surface area contributed by atoms with E-state index in [1.807, 2.05) is 30.3 Å². The van der Waals surface area contributed by atoms with E-state index in [1.165, 1.54) is 0 Å². The fourth-order valence-corrected chi connectivity index (χ4v) is 3.49. The van der Waals surface area contributed by atoms with Crippen LogP contribution in [0.4, 0.5) is 0 Å². The van der Waals surface area contributed by atoms with Crippen molar-refractivity contribution in [2.75, 3.05) is 13.1 Å². The summed E-state index contributed by atoms with van der Waals surface area (Å²) in [6.07, 6.45) is 1.49. The Balaban J connectivity index is 1.43. The standard InChI is InChI=1S/C21H19ClN2O3/c22-16-5-1-2-7-19(16)27-15-10-12-24(13-11-15)21(26)17-9-8-14-4-3-6-18(25)20(14)23-17/h1-9,15,25H,10-13H2. The van der Waals surface area contributed by atoms with Gasteiger partial charge in [-0.3, -0.25) is 4.79 Å². The Bertz CT molecular complexity index is 984. The quantitative estimate of drug-likeness (QED) is 0.734. The lowest BCUT2D eigenvalue weighted by Gasteiger charge is -2.32. The van der Waals surface area contributed by atoms with Gasteiger partial charge in [0.05, 0.1) is 5.02 Å². The molecule has 3 aromatic rings. The third-order valence-electron chi connectivity index (χ3n) is 4.78. The Hall–Kier alpha value is -2.79. The molecule has 0 aliphatic carbocycles. The number of nitrogens with zero attached hydrogens (tertiary/aromatic N) is 2. The first-order valence-electron chi connectivity index (χ1n) is 8.91. The molecule has 1 aromatic heterocycles. The van der Waals surface area contributed by atoms with E-state index in [9.17, 15) is 9.90 Å². The summed E-state index contributed by atoms with van der Waals surface area (Å²) in [7, 11) is 0. The lowest BCUT2D eigenvalue weighted by molar-refractivity contribution is 0.0590. The summed E-state index contributed by atoms with van der Waals surface area (Å²) in [5.74, 6) is 0.626. The van der Waals surface area contributed by atoms with Gasteiger partial charge in [-0.15, -0.1) is 0 Å². The molecule has 1 aliphatic rings. The van der Waals surface area contributed by atoms with E-state index in [-0.39, 0.29) is 17.8 Å². The van der Waals surface area contributed by atoms with Crippen LogP contribution in [0.15, 0.2) is 54.6 Å². The molecule has 5 nitrogen and oxygen atoms in total. The van der Waals surface area contributed by atoms with Crippen molar-refractivity contribution in [3.8, 4) is 11.5 Å². The Labute approximate surface area is 162 Å². The minimum atomic E-state index is -0.128. The first-order chi connectivity index (χ1) is 13.1. The predicted molar refractivity (Wildman–Crippen MR) is 104 cm³/mol. The molecule has 1 aliphatic heterocycles. The molecule has 0 saturated carbocycles. The minimum absolute atomic E-state index is 0.0301. The van der Waals surface area contributed by atoms with E-state index in [1.54, 1.807) is 29.2 Å². The molecule has 0 unspecified atom stereocenters. The third kappa shape index (κ3) is 3.69. The normalized spacial score (nSPS) is 15.1. The molecular weight excluding hydrogens is 364 g/mol. The first-order valence-corrected chi connectivity index (χ1v) is 9.29. The number of phenolic OH excluding ortho intramolecular Hbond substituents is 1. The van der Waals surface area contributed by atoms with Gasteiger partial charge in [-0.05, 0) is 24.3 Å². The number of carbonyl (C=O) groups is 1. The number of likely N-dealkylation sites (tertiary alicyclic amines) is 1. The van der Waals surface area contributed by atoms with Gasteiger partial charge in [0, 0.05) is 31.3 Å². The summed E-state index contributed by atoms with van der Waals surface area (Å²) in [6.45, 7) is 1.18. The van der Waals surface area contributed by atoms with Gasteiger partial charge in [0.25, 0.3) is 5.91 Å². The summed E-state index contributed by atoms with van der Waals surface area (Å²) in [4.78, 5) is 18.9. The molecule has 1 amide bonds. The number of rotatable bonds is 3. The van der Waals surface area contributed by atoms with E-state index in [0.717, 1.165) is 18.2 Å². The van der Waals surface area contributed by atoms with Crippen molar-refractivity contribution in [2.45, 2.75) is 18.9 Å². The highest BCUT2D eigenvalue weighted by Crippen LogP contribution is 2.27. The van der Waals surface area contributed by atoms with Gasteiger partial charge in [-0.25, -0.2) is 4.98 Å². The van der Waals surface area contributed by atoms with Crippen molar-refractivity contribution in [1.82, 2.24) is 9.88 Å². The predicted octanol–water partition coefficient (Wildman–Crippen LogP) is 4.28. The first kappa shape index (κ1) is 17.6. The fraction of sp³-hybridized carbons (Fsp3) is 0.238. The van der Waals surface area contributed by atoms with Crippen molar-refractivity contribution >= 4 is 28.4 Å². The zero-order valence-electron chi connectivity index (χ0n) is 14.6. The van der Waals surface area contributed by atoms with Crippen LogP contribution in [-0.2, 0) is 0 Å². The molecule has 6 heteroatoms. The molecule has 1 N–H and O–H groups in total. The smallest absolute Gasteiger partial charge is 0.272 e. The molecule has 0 atom stereocenters. The van der Waals surface area contributed by atoms with E-state index >= 15 is 0 Å². The molecule has 0 radical (unpaired) electrons. The average Bonchev–Trinajstić information content (AvgIpc) is 2.70. The summed E-state index contributed by atoms with van der Waals surface area (Å²) >= 11 is 6.14. The van der Waals surface area contributed by atoms with Gasteiger partial charge in [0.1, 0.15) is 28.8 Å². The summed E-state index contributed by atoms with van der Waals surface area (Å²) < 4.78 is 5.97. The van der Waals surface area contributed by atoms with Crippen LogP contribution in [0.25, 0.3) is 10.9 Å². The maximum absolute atomic E-state index is 12.8. The van der Waals surface area contributed by atoms with Crippen LogP contribution in [-0.4, -0.2) is 40.1 Å². The van der Waals surface area contributed by atoms with Crippen molar-refractivity contribution in [3.05, 3.63) is 65.3 Å². The Morgan fingerprint density at radius 2 is 1.85 bits per heavy atom. The number of hydrogen-bond acceptors (Lipinski definition) is 4. The Morgan fingerprint density at radius 3 is 2.63 bits per heavy atom. The third-order valence-corrected chi connectivity index (χ3v) is 5.09. The number of ether oxygens (including phenoxy) is 1. The number of pyridine rings is 1. The number of carbonyl (C=O) groups excluding carboxylic acids is 1. The van der Waals surface area contributed by atoms with E-state index in [2.05, 4.69) is 4.98 Å². The van der Waals surface area contributed by atoms with Crippen molar-refractivity contribution in [2.24, 2.45) is 0 Å². The number of hydrogen-bond donors (Lipinski definition) is 1. The number of para-hydroxylation sites is 2. The van der Waals surface area contributed by atoms with Crippen LogP contribution >= 0.6 is 11.6 Å². The van der Waals surface area contributed by atoms with Crippen LogP contribution in [0, 0.1) is 0 Å². The van der Waals surface area contributed by atoms with Crippen molar-refractivity contribution < 1.29 is 14.6 Å². The average molecular weight is 383 g/mol. The van der Waals surface area contributed by atoms with Gasteiger partial charge < -0.3 is 14.7 Å².